The topological polar surface area (TPSA) is 50.6 Å². The van der Waals surface area contributed by atoms with Crippen molar-refractivity contribution >= 4 is 11.6 Å². The van der Waals surface area contributed by atoms with Crippen LogP contribution in [0.5, 0.6) is 5.75 Å². The first kappa shape index (κ1) is 20.0. The molecule has 0 N–H and O–H groups in total. The van der Waals surface area contributed by atoms with E-state index in [1.807, 2.05) is 59.8 Å². The highest BCUT2D eigenvalue weighted by Crippen LogP contribution is 2.28. The second kappa shape index (κ2) is 8.61. The molecule has 0 atom stereocenters. The Morgan fingerprint density at radius 2 is 1.63 bits per heavy atom. The van der Waals surface area contributed by atoms with Gasteiger partial charge in [-0.2, -0.15) is 5.10 Å². The average molecular weight is 405 g/mol. The van der Waals surface area contributed by atoms with Crippen LogP contribution in [-0.4, -0.2) is 53.9 Å². The Morgan fingerprint density at radius 3 is 2.33 bits per heavy atom. The minimum absolute atomic E-state index is 0.0731. The van der Waals surface area contributed by atoms with Gasteiger partial charge in [0.25, 0.3) is 5.91 Å². The van der Waals surface area contributed by atoms with Gasteiger partial charge in [0.05, 0.1) is 30.6 Å². The molecule has 2 aromatic carbocycles. The highest BCUT2D eigenvalue weighted by Gasteiger charge is 2.27. The van der Waals surface area contributed by atoms with Crippen molar-refractivity contribution in [1.29, 1.82) is 0 Å². The second-order valence-corrected chi connectivity index (χ2v) is 7.64. The molecule has 3 aromatic rings. The third-order valence-corrected chi connectivity index (χ3v) is 5.76. The normalized spacial score (nSPS) is 14.1. The van der Waals surface area contributed by atoms with E-state index in [1.165, 1.54) is 5.56 Å². The number of methoxy groups -OCH3 is 1. The van der Waals surface area contributed by atoms with E-state index >= 15 is 0 Å². The van der Waals surface area contributed by atoms with E-state index in [4.69, 9.17) is 4.74 Å². The van der Waals surface area contributed by atoms with Gasteiger partial charge in [-0.25, -0.2) is 0 Å². The minimum atomic E-state index is 0.0731. The van der Waals surface area contributed by atoms with Gasteiger partial charge in [-0.1, -0.05) is 42.5 Å². The summed E-state index contributed by atoms with van der Waals surface area (Å²) >= 11 is 0. The molecule has 0 unspecified atom stereocenters. The molecule has 0 bridgehead atoms. The SMILES string of the molecule is COc1ccccc1N1CCN(C(=O)c2c(C)nn(Cc3ccccc3)c2C)CC1. The first-order valence-electron chi connectivity index (χ1n) is 10.3. The molecular formula is C24H28N4O2. The summed E-state index contributed by atoms with van der Waals surface area (Å²) in [5.74, 6) is 0.940. The number of aromatic nitrogens is 2. The summed E-state index contributed by atoms with van der Waals surface area (Å²) in [7, 11) is 1.69. The van der Waals surface area contributed by atoms with Gasteiger partial charge in [0.2, 0.25) is 0 Å². The lowest BCUT2D eigenvalue weighted by Gasteiger charge is -2.36. The van der Waals surface area contributed by atoms with E-state index in [0.717, 1.165) is 41.5 Å². The van der Waals surface area contributed by atoms with Crippen LogP contribution in [0, 0.1) is 13.8 Å². The third-order valence-electron chi connectivity index (χ3n) is 5.76. The molecule has 0 saturated carbocycles. The number of piperazine rings is 1. The fraction of sp³-hybridized carbons (Fsp3) is 0.333. The lowest BCUT2D eigenvalue weighted by atomic mass is 10.1. The Hall–Kier alpha value is -3.28. The van der Waals surface area contributed by atoms with Crippen LogP contribution in [0.2, 0.25) is 0 Å². The molecule has 1 aliphatic heterocycles. The van der Waals surface area contributed by atoms with Crippen molar-refractivity contribution in [1.82, 2.24) is 14.7 Å². The van der Waals surface area contributed by atoms with Gasteiger partial charge in [-0.3, -0.25) is 9.48 Å². The summed E-state index contributed by atoms with van der Waals surface area (Å²) in [5, 5.41) is 4.65. The first-order chi connectivity index (χ1) is 14.6. The van der Waals surface area contributed by atoms with Crippen LogP contribution in [-0.2, 0) is 6.54 Å². The van der Waals surface area contributed by atoms with Gasteiger partial charge in [-0.05, 0) is 31.5 Å². The Bertz CT molecular complexity index is 1020. The molecule has 6 heteroatoms. The Morgan fingerprint density at radius 1 is 0.967 bits per heavy atom. The molecule has 30 heavy (non-hydrogen) atoms. The zero-order valence-corrected chi connectivity index (χ0v) is 17.8. The van der Waals surface area contributed by atoms with Crippen molar-refractivity contribution in [3.8, 4) is 5.75 Å². The molecule has 1 saturated heterocycles. The van der Waals surface area contributed by atoms with Crippen LogP contribution in [0.25, 0.3) is 0 Å². The largest absolute Gasteiger partial charge is 0.495 e. The highest BCUT2D eigenvalue weighted by molar-refractivity contribution is 5.96. The number of hydrogen-bond acceptors (Lipinski definition) is 4. The molecule has 6 nitrogen and oxygen atoms in total. The number of amides is 1. The van der Waals surface area contributed by atoms with Crippen molar-refractivity contribution in [2.45, 2.75) is 20.4 Å². The number of aryl methyl sites for hydroxylation is 1. The number of anilines is 1. The van der Waals surface area contributed by atoms with Gasteiger partial charge in [0.15, 0.2) is 0 Å². The number of para-hydroxylation sites is 2. The predicted octanol–water partition coefficient (Wildman–Crippen LogP) is 3.52. The van der Waals surface area contributed by atoms with E-state index in [1.54, 1.807) is 7.11 Å². The highest BCUT2D eigenvalue weighted by atomic mass is 16.5. The lowest BCUT2D eigenvalue weighted by molar-refractivity contribution is 0.0745. The summed E-state index contributed by atoms with van der Waals surface area (Å²) in [6, 6.07) is 18.2. The molecule has 1 aromatic heterocycles. The number of carbonyl (C=O) groups is 1. The van der Waals surface area contributed by atoms with E-state index in [0.29, 0.717) is 19.6 Å². The van der Waals surface area contributed by atoms with Crippen LogP contribution in [0.4, 0.5) is 5.69 Å². The maximum atomic E-state index is 13.3. The van der Waals surface area contributed by atoms with E-state index in [9.17, 15) is 4.79 Å². The zero-order chi connectivity index (χ0) is 21.1. The molecule has 156 valence electrons. The van der Waals surface area contributed by atoms with Crippen molar-refractivity contribution < 1.29 is 9.53 Å². The molecule has 1 amide bonds. The van der Waals surface area contributed by atoms with Crippen LogP contribution >= 0.6 is 0 Å². The fourth-order valence-electron chi connectivity index (χ4n) is 4.12. The van der Waals surface area contributed by atoms with Crippen molar-refractivity contribution in [2.75, 3.05) is 38.2 Å². The summed E-state index contributed by atoms with van der Waals surface area (Å²) in [4.78, 5) is 17.5. The van der Waals surface area contributed by atoms with E-state index in [-0.39, 0.29) is 5.91 Å². The van der Waals surface area contributed by atoms with Crippen molar-refractivity contribution in [3.63, 3.8) is 0 Å². The van der Waals surface area contributed by atoms with Crippen molar-refractivity contribution in [2.24, 2.45) is 0 Å². The maximum absolute atomic E-state index is 13.3. The number of ether oxygens (including phenoxy) is 1. The van der Waals surface area contributed by atoms with Crippen LogP contribution in [0.15, 0.2) is 54.6 Å². The average Bonchev–Trinajstić information content (AvgIpc) is 3.06. The summed E-state index contributed by atoms with van der Waals surface area (Å²) in [6.45, 7) is 7.50. The third kappa shape index (κ3) is 3.90. The second-order valence-electron chi connectivity index (χ2n) is 7.64. The van der Waals surface area contributed by atoms with E-state index < -0.39 is 0 Å². The first-order valence-corrected chi connectivity index (χ1v) is 10.3. The molecule has 1 fully saturated rings. The maximum Gasteiger partial charge on any atom is 0.257 e. The molecule has 1 aliphatic rings. The number of hydrogen-bond donors (Lipinski definition) is 0. The zero-order valence-electron chi connectivity index (χ0n) is 17.8. The number of benzene rings is 2. The molecular weight excluding hydrogens is 376 g/mol. The van der Waals surface area contributed by atoms with Crippen LogP contribution < -0.4 is 9.64 Å². The van der Waals surface area contributed by atoms with Gasteiger partial charge >= 0.3 is 0 Å². The summed E-state index contributed by atoms with van der Waals surface area (Å²) < 4.78 is 7.43. The number of carbonyl (C=O) groups excluding carboxylic acids is 1. The summed E-state index contributed by atoms with van der Waals surface area (Å²) in [6.07, 6.45) is 0. The van der Waals surface area contributed by atoms with Crippen LogP contribution in [0.1, 0.15) is 27.3 Å². The molecule has 0 aliphatic carbocycles. The van der Waals surface area contributed by atoms with Gasteiger partial charge < -0.3 is 14.5 Å². The number of nitrogens with zero attached hydrogens (tertiary/aromatic N) is 4. The molecule has 2 heterocycles. The Kier molecular flexibility index (Phi) is 5.74. The molecule has 4 rings (SSSR count). The number of rotatable bonds is 5. The minimum Gasteiger partial charge on any atom is -0.495 e. The van der Waals surface area contributed by atoms with Gasteiger partial charge in [0, 0.05) is 31.9 Å². The Labute approximate surface area is 177 Å². The summed E-state index contributed by atoms with van der Waals surface area (Å²) in [5.41, 5.74) is 4.70. The lowest BCUT2D eigenvalue weighted by Crippen LogP contribution is -2.49. The van der Waals surface area contributed by atoms with Gasteiger partial charge in [-0.15, -0.1) is 0 Å². The standard InChI is InChI=1S/C24H28N4O2/c1-18-23(19(2)28(25-18)17-20-9-5-4-6-10-20)24(29)27-15-13-26(14-16-27)21-11-7-8-12-22(21)30-3/h4-12H,13-17H2,1-3H3. The molecule has 0 radical (unpaired) electrons. The smallest absolute Gasteiger partial charge is 0.257 e. The van der Waals surface area contributed by atoms with Crippen molar-refractivity contribution in [3.05, 3.63) is 77.1 Å². The monoisotopic (exact) mass is 404 g/mol. The predicted molar refractivity (Wildman–Crippen MR) is 118 cm³/mol. The quantitative estimate of drug-likeness (QED) is 0.653. The Balaban J connectivity index is 1.47. The fourth-order valence-corrected chi connectivity index (χ4v) is 4.12. The molecule has 0 spiro atoms. The van der Waals surface area contributed by atoms with Crippen LogP contribution in [0.3, 0.4) is 0 Å². The van der Waals surface area contributed by atoms with Gasteiger partial charge in [0.1, 0.15) is 5.75 Å². The van der Waals surface area contributed by atoms with E-state index in [2.05, 4.69) is 28.2 Å².